The lowest BCUT2D eigenvalue weighted by Crippen LogP contribution is -2.37. The Hall–Kier alpha value is -1.84. The molecule has 1 atom stereocenters. The predicted octanol–water partition coefficient (Wildman–Crippen LogP) is 1.90. The molecule has 2 saturated carbocycles. The number of nitrogens with zero attached hydrogens (tertiary/aromatic N) is 1. The first kappa shape index (κ1) is 11.3. The molecule has 1 aromatic carbocycles. The van der Waals surface area contributed by atoms with E-state index < -0.39 is 5.97 Å². The summed E-state index contributed by atoms with van der Waals surface area (Å²) in [6.45, 7) is -0.255. The summed E-state index contributed by atoms with van der Waals surface area (Å²) < 4.78 is 0. The minimum Gasteiger partial charge on any atom is -0.480 e. The number of carboxylic acid groups (broad SMARTS) is 1. The van der Waals surface area contributed by atoms with Gasteiger partial charge in [-0.2, -0.15) is 0 Å². The Morgan fingerprint density at radius 2 is 1.94 bits per heavy atom. The fraction of sp³-hybridized carbons (Fsp3) is 0.429. The minimum absolute atomic E-state index is 0.0268. The summed E-state index contributed by atoms with van der Waals surface area (Å²) in [5.41, 5.74) is 0.926. The molecule has 1 N–H and O–H groups in total. The minimum atomic E-state index is -0.974. The zero-order valence-corrected chi connectivity index (χ0v) is 10.0. The van der Waals surface area contributed by atoms with Gasteiger partial charge in [-0.05, 0) is 36.8 Å². The molecule has 1 aromatic rings. The third-order valence-electron chi connectivity index (χ3n) is 4.01. The number of benzene rings is 1. The molecule has 3 rings (SSSR count). The molecule has 18 heavy (non-hydrogen) atoms. The second-order valence-electron chi connectivity index (χ2n) is 5.27. The summed E-state index contributed by atoms with van der Waals surface area (Å²) in [4.78, 5) is 24.7. The molecule has 0 heterocycles. The van der Waals surface area contributed by atoms with Crippen LogP contribution in [-0.4, -0.2) is 23.5 Å². The van der Waals surface area contributed by atoms with E-state index >= 15 is 0 Å². The molecule has 0 aromatic heterocycles. The molecular weight excluding hydrogens is 230 g/mol. The van der Waals surface area contributed by atoms with Gasteiger partial charge in [-0.3, -0.25) is 9.59 Å². The molecule has 94 valence electrons. The maximum absolute atomic E-state index is 12.4. The van der Waals surface area contributed by atoms with Gasteiger partial charge in [0.1, 0.15) is 6.54 Å². The van der Waals surface area contributed by atoms with E-state index in [4.69, 9.17) is 5.11 Å². The number of amides is 1. The lowest BCUT2D eigenvalue weighted by atomic mass is 10.2. The van der Waals surface area contributed by atoms with E-state index in [2.05, 4.69) is 0 Å². The Kier molecular flexibility index (Phi) is 2.40. The van der Waals surface area contributed by atoms with Crippen LogP contribution in [-0.2, 0) is 9.59 Å². The average Bonchev–Trinajstić information content (AvgIpc) is 3.27. The van der Waals surface area contributed by atoms with Crippen LogP contribution in [0.2, 0.25) is 0 Å². The molecule has 0 radical (unpaired) electrons. The van der Waals surface area contributed by atoms with Crippen molar-refractivity contribution in [2.24, 2.45) is 11.3 Å². The maximum Gasteiger partial charge on any atom is 0.323 e. The Bertz CT molecular complexity index is 493. The number of anilines is 1. The molecule has 0 aliphatic heterocycles. The smallest absolute Gasteiger partial charge is 0.323 e. The van der Waals surface area contributed by atoms with Crippen LogP contribution in [0, 0.1) is 11.3 Å². The number of aliphatic carboxylic acids is 1. The normalized spacial score (nSPS) is 22.6. The van der Waals surface area contributed by atoms with E-state index in [1.54, 1.807) is 12.1 Å². The van der Waals surface area contributed by atoms with Crippen LogP contribution in [0.4, 0.5) is 5.69 Å². The van der Waals surface area contributed by atoms with Gasteiger partial charge >= 0.3 is 5.97 Å². The predicted molar refractivity (Wildman–Crippen MR) is 66.2 cm³/mol. The maximum atomic E-state index is 12.4. The molecule has 2 fully saturated rings. The number of carbonyl (C=O) groups is 2. The number of para-hydroxylation sites is 1. The van der Waals surface area contributed by atoms with Crippen molar-refractivity contribution in [2.45, 2.75) is 19.3 Å². The number of rotatable bonds is 4. The largest absolute Gasteiger partial charge is 0.480 e. The van der Waals surface area contributed by atoms with Crippen molar-refractivity contribution in [3.8, 4) is 0 Å². The summed E-state index contributed by atoms with van der Waals surface area (Å²) >= 11 is 0. The van der Waals surface area contributed by atoms with Gasteiger partial charge in [-0.25, -0.2) is 0 Å². The van der Waals surface area contributed by atoms with E-state index in [1.807, 2.05) is 18.2 Å². The Morgan fingerprint density at radius 3 is 2.44 bits per heavy atom. The number of hydrogen-bond acceptors (Lipinski definition) is 2. The number of hydrogen-bond donors (Lipinski definition) is 1. The van der Waals surface area contributed by atoms with Crippen molar-refractivity contribution < 1.29 is 14.7 Å². The highest BCUT2D eigenvalue weighted by molar-refractivity contribution is 6.00. The van der Waals surface area contributed by atoms with Crippen LogP contribution in [0.1, 0.15) is 19.3 Å². The van der Waals surface area contributed by atoms with Crippen LogP contribution in [0.15, 0.2) is 30.3 Å². The summed E-state index contributed by atoms with van der Waals surface area (Å²) in [5.74, 6) is -0.948. The van der Waals surface area contributed by atoms with Gasteiger partial charge in [-0.1, -0.05) is 18.2 Å². The zero-order valence-electron chi connectivity index (χ0n) is 10.0. The lowest BCUT2D eigenvalue weighted by molar-refractivity contribution is -0.136. The second-order valence-corrected chi connectivity index (χ2v) is 5.27. The van der Waals surface area contributed by atoms with Crippen LogP contribution in [0.25, 0.3) is 0 Å². The molecule has 1 unspecified atom stereocenters. The van der Waals surface area contributed by atoms with Crippen molar-refractivity contribution in [1.29, 1.82) is 0 Å². The second kappa shape index (κ2) is 3.83. The van der Waals surface area contributed by atoms with Gasteiger partial charge in [0.15, 0.2) is 0 Å². The highest BCUT2D eigenvalue weighted by atomic mass is 16.4. The zero-order chi connectivity index (χ0) is 12.8. The fourth-order valence-electron chi connectivity index (χ4n) is 2.64. The standard InChI is InChI=1S/C14H15NO3/c16-12(17)9-15(10-4-2-1-3-5-10)13(18)11-8-14(11)6-7-14/h1-5,11H,6-9H2,(H,16,17). The molecule has 1 spiro atoms. The monoisotopic (exact) mass is 245 g/mol. The number of carbonyl (C=O) groups excluding carboxylic acids is 1. The summed E-state index contributed by atoms with van der Waals surface area (Å²) in [6.07, 6.45) is 3.19. The first-order chi connectivity index (χ1) is 8.62. The highest BCUT2D eigenvalue weighted by Gasteiger charge is 2.66. The molecule has 0 bridgehead atoms. The molecule has 4 nitrogen and oxygen atoms in total. The van der Waals surface area contributed by atoms with E-state index in [0.29, 0.717) is 5.69 Å². The molecule has 4 heteroatoms. The van der Waals surface area contributed by atoms with Crippen LogP contribution >= 0.6 is 0 Å². The van der Waals surface area contributed by atoms with E-state index in [-0.39, 0.29) is 23.8 Å². The van der Waals surface area contributed by atoms with Crippen molar-refractivity contribution in [1.82, 2.24) is 0 Å². The number of carboxylic acids is 1. The van der Waals surface area contributed by atoms with Gasteiger partial charge in [0.05, 0.1) is 0 Å². The van der Waals surface area contributed by atoms with Gasteiger partial charge in [0.2, 0.25) is 5.91 Å². The van der Waals surface area contributed by atoms with E-state index in [9.17, 15) is 9.59 Å². The Labute approximate surface area is 105 Å². The summed E-state index contributed by atoms with van der Waals surface area (Å²) in [5, 5.41) is 8.95. The first-order valence-electron chi connectivity index (χ1n) is 6.21. The Morgan fingerprint density at radius 1 is 1.28 bits per heavy atom. The van der Waals surface area contributed by atoms with Crippen LogP contribution in [0.3, 0.4) is 0 Å². The summed E-state index contributed by atoms with van der Waals surface area (Å²) in [7, 11) is 0. The van der Waals surface area contributed by atoms with E-state index in [0.717, 1.165) is 19.3 Å². The van der Waals surface area contributed by atoms with Crippen molar-refractivity contribution in [3.63, 3.8) is 0 Å². The molecular formula is C14H15NO3. The van der Waals surface area contributed by atoms with E-state index in [1.165, 1.54) is 4.90 Å². The first-order valence-corrected chi connectivity index (χ1v) is 6.21. The fourth-order valence-corrected chi connectivity index (χ4v) is 2.64. The van der Waals surface area contributed by atoms with Crippen molar-refractivity contribution >= 4 is 17.6 Å². The highest BCUT2D eigenvalue weighted by Crippen LogP contribution is 2.71. The topological polar surface area (TPSA) is 57.6 Å². The van der Waals surface area contributed by atoms with Crippen LogP contribution in [0.5, 0.6) is 0 Å². The molecule has 1 amide bonds. The summed E-state index contributed by atoms with van der Waals surface area (Å²) in [6, 6.07) is 9.05. The van der Waals surface area contributed by atoms with Gasteiger partial charge in [0, 0.05) is 11.6 Å². The van der Waals surface area contributed by atoms with Crippen molar-refractivity contribution in [3.05, 3.63) is 30.3 Å². The molecule has 2 aliphatic rings. The third kappa shape index (κ3) is 1.88. The van der Waals surface area contributed by atoms with Gasteiger partial charge in [0.25, 0.3) is 0 Å². The third-order valence-corrected chi connectivity index (χ3v) is 4.01. The van der Waals surface area contributed by atoms with Gasteiger partial charge in [-0.15, -0.1) is 0 Å². The van der Waals surface area contributed by atoms with Crippen LogP contribution < -0.4 is 4.90 Å². The quantitative estimate of drug-likeness (QED) is 0.881. The Balaban J connectivity index is 1.81. The van der Waals surface area contributed by atoms with Crippen molar-refractivity contribution in [2.75, 3.05) is 11.4 Å². The molecule has 0 saturated heterocycles. The average molecular weight is 245 g/mol. The SMILES string of the molecule is O=C(O)CN(C(=O)C1CC12CC2)c1ccccc1. The van der Waals surface area contributed by atoms with Gasteiger partial charge < -0.3 is 10.0 Å². The molecule has 2 aliphatic carbocycles. The lowest BCUT2D eigenvalue weighted by Gasteiger charge is -2.21.